The summed E-state index contributed by atoms with van der Waals surface area (Å²) in [6.45, 7) is 0. The molecule has 0 unspecified atom stereocenters. The summed E-state index contributed by atoms with van der Waals surface area (Å²) in [6, 6.07) is 3.46. The number of carboxylic acids is 1. The smallest absolute Gasteiger partial charge is 0.326 e. The van der Waals surface area contributed by atoms with Gasteiger partial charge >= 0.3 is 11.9 Å². The summed E-state index contributed by atoms with van der Waals surface area (Å²) in [5.74, 6) is -2.97. The number of carboxylic acid groups (broad SMARTS) is 1. The number of carbonyl (C=O) groups excluding carboxylic acids is 2. The van der Waals surface area contributed by atoms with Crippen LogP contribution in [0.5, 0.6) is 0 Å². The lowest BCUT2D eigenvalue weighted by atomic mass is 10.1. The number of methoxy groups -OCH3 is 1. The molecule has 0 aliphatic rings. The fourth-order valence-corrected chi connectivity index (χ4v) is 1.46. The Kier molecular flexibility index (Phi) is 5.64. The van der Waals surface area contributed by atoms with Crippen molar-refractivity contribution in [2.45, 2.75) is 18.9 Å². The molecule has 0 radical (unpaired) electrons. The predicted octanol–water partition coefficient (Wildman–Crippen LogP) is 0.962. The Balaban J connectivity index is 2.65. The van der Waals surface area contributed by atoms with Gasteiger partial charge < -0.3 is 15.2 Å². The van der Waals surface area contributed by atoms with Crippen LogP contribution >= 0.6 is 0 Å². The molecule has 1 aromatic carbocycles. The van der Waals surface area contributed by atoms with Gasteiger partial charge in [0.25, 0.3) is 5.91 Å². The molecule has 2 N–H and O–H groups in total. The maximum atomic E-state index is 12.7. The van der Waals surface area contributed by atoms with Crippen LogP contribution in [-0.4, -0.2) is 36.1 Å². The highest BCUT2D eigenvalue weighted by Crippen LogP contribution is 2.05. The summed E-state index contributed by atoms with van der Waals surface area (Å²) in [4.78, 5) is 33.7. The number of hydrogen-bond donors (Lipinski definition) is 2. The first-order chi connectivity index (χ1) is 9.43. The average molecular weight is 283 g/mol. The van der Waals surface area contributed by atoms with Gasteiger partial charge in [-0.2, -0.15) is 0 Å². The van der Waals surface area contributed by atoms with Crippen molar-refractivity contribution < 1.29 is 28.6 Å². The molecule has 0 aromatic heterocycles. The third-order valence-electron chi connectivity index (χ3n) is 2.57. The number of amides is 1. The van der Waals surface area contributed by atoms with Crippen molar-refractivity contribution in [1.29, 1.82) is 0 Å². The quantitative estimate of drug-likeness (QED) is 0.759. The van der Waals surface area contributed by atoms with Crippen LogP contribution in [0.4, 0.5) is 4.39 Å². The minimum Gasteiger partial charge on any atom is -0.480 e. The molecule has 0 bridgehead atoms. The summed E-state index contributed by atoms with van der Waals surface area (Å²) in [5.41, 5.74) is 0.135. The van der Waals surface area contributed by atoms with Gasteiger partial charge in [0.15, 0.2) is 0 Å². The van der Waals surface area contributed by atoms with Crippen molar-refractivity contribution in [2.75, 3.05) is 7.11 Å². The minimum atomic E-state index is -1.26. The Bertz CT molecular complexity index is 500. The topological polar surface area (TPSA) is 92.7 Å². The highest BCUT2D eigenvalue weighted by Gasteiger charge is 2.21. The SMILES string of the molecule is COC(=O)CC[C@@H](NC(=O)c1ccc(F)cc1)C(=O)O. The van der Waals surface area contributed by atoms with Crippen molar-refractivity contribution in [1.82, 2.24) is 5.32 Å². The van der Waals surface area contributed by atoms with E-state index in [1.54, 1.807) is 0 Å². The number of benzene rings is 1. The fraction of sp³-hybridized carbons (Fsp3) is 0.308. The van der Waals surface area contributed by atoms with Crippen LogP contribution in [-0.2, 0) is 14.3 Å². The van der Waals surface area contributed by atoms with Gasteiger partial charge in [-0.3, -0.25) is 9.59 Å². The zero-order valence-electron chi connectivity index (χ0n) is 10.8. The molecule has 0 aliphatic heterocycles. The summed E-state index contributed by atoms with van der Waals surface area (Å²) < 4.78 is 17.1. The number of esters is 1. The lowest BCUT2D eigenvalue weighted by Crippen LogP contribution is -2.41. The second-order valence-corrected chi connectivity index (χ2v) is 3.99. The standard InChI is InChI=1S/C13H14FNO5/c1-20-11(16)7-6-10(13(18)19)15-12(17)8-2-4-9(14)5-3-8/h2-5,10H,6-7H2,1H3,(H,15,17)(H,18,19)/t10-/m1/s1. The highest BCUT2D eigenvalue weighted by atomic mass is 19.1. The van der Waals surface area contributed by atoms with E-state index in [9.17, 15) is 18.8 Å². The number of nitrogens with one attached hydrogen (secondary N) is 1. The van der Waals surface area contributed by atoms with Crippen molar-refractivity contribution in [2.24, 2.45) is 0 Å². The van der Waals surface area contributed by atoms with E-state index in [0.29, 0.717) is 0 Å². The average Bonchev–Trinajstić information content (AvgIpc) is 2.43. The molecule has 0 saturated heterocycles. The monoisotopic (exact) mass is 283 g/mol. The summed E-state index contributed by atoms with van der Waals surface area (Å²) in [7, 11) is 1.19. The lowest BCUT2D eigenvalue weighted by Gasteiger charge is -2.13. The second-order valence-electron chi connectivity index (χ2n) is 3.99. The van der Waals surface area contributed by atoms with Crippen LogP contribution in [0.1, 0.15) is 23.2 Å². The molecule has 0 aliphatic carbocycles. The molecule has 1 rings (SSSR count). The van der Waals surface area contributed by atoms with E-state index >= 15 is 0 Å². The molecule has 108 valence electrons. The van der Waals surface area contributed by atoms with Gasteiger partial charge in [0.05, 0.1) is 7.11 Å². The van der Waals surface area contributed by atoms with E-state index < -0.39 is 29.7 Å². The number of carbonyl (C=O) groups is 3. The largest absolute Gasteiger partial charge is 0.480 e. The normalized spacial score (nSPS) is 11.5. The maximum absolute atomic E-state index is 12.7. The number of aliphatic carboxylic acids is 1. The molecule has 7 heteroatoms. The molecule has 6 nitrogen and oxygen atoms in total. The zero-order valence-corrected chi connectivity index (χ0v) is 10.8. The van der Waals surface area contributed by atoms with Crippen LogP contribution in [0.25, 0.3) is 0 Å². The molecule has 0 fully saturated rings. The molecule has 1 atom stereocenters. The van der Waals surface area contributed by atoms with E-state index in [1.807, 2.05) is 0 Å². The van der Waals surface area contributed by atoms with E-state index in [-0.39, 0.29) is 18.4 Å². The molecular weight excluding hydrogens is 269 g/mol. The first kappa shape index (κ1) is 15.6. The van der Waals surface area contributed by atoms with Gasteiger partial charge in [0.1, 0.15) is 11.9 Å². The van der Waals surface area contributed by atoms with Crippen molar-refractivity contribution in [3.05, 3.63) is 35.6 Å². The Morgan fingerprint density at radius 1 is 1.30 bits per heavy atom. The zero-order chi connectivity index (χ0) is 15.1. The molecule has 1 aromatic rings. The van der Waals surface area contributed by atoms with Crippen LogP contribution in [0.2, 0.25) is 0 Å². The van der Waals surface area contributed by atoms with E-state index in [1.165, 1.54) is 19.2 Å². The van der Waals surface area contributed by atoms with Crippen LogP contribution < -0.4 is 5.32 Å². The molecule has 0 spiro atoms. The third kappa shape index (κ3) is 4.68. The molecular formula is C13H14FNO5. The Morgan fingerprint density at radius 3 is 2.40 bits per heavy atom. The molecule has 20 heavy (non-hydrogen) atoms. The molecule has 0 heterocycles. The second kappa shape index (κ2) is 7.22. The van der Waals surface area contributed by atoms with Crippen LogP contribution in [0.15, 0.2) is 24.3 Å². The first-order valence-corrected chi connectivity index (χ1v) is 5.80. The number of hydrogen-bond acceptors (Lipinski definition) is 4. The first-order valence-electron chi connectivity index (χ1n) is 5.80. The molecule has 1 amide bonds. The van der Waals surface area contributed by atoms with Gasteiger partial charge in [0.2, 0.25) is 0 Å². The summed E-state index contributed by atoms with van der Waals surface area (Å²) >= 11 is 0. The number of rotatable bonds is 6. The maximum Gasteiger partial charge on any atom is 0.326 e. The van der Waals surface area contributed by atoms with Crippen LogP contribution in [0.3, 0.4) is 0 Å². The van der Waals surface area contributed by atoms with Crippen molar-refractivity contribution in [3.63, 3.8) is 0 Å². The Morgan fingerprint density at radius 2 is 1.90 bits per heavy atom. The predicted molar refractivity (Wildman–Crippen MR) is 66.5 cm³/mol. The van der Waals surface area contributed by atoms with Gasteiger partial charge in [-0.05, 0) is 30.7 Å². The summed E-state index contributed by atoms with van der Waals surface area (Å²) in [6.07, 6.45) is -0.216. The fourth-order valence-electron chi connectivity index (χ4n) is 1.46. The van der Waals surface area contributed by atoms with Gasteiger partial charge in [-0.25, -0.2) is 9.18 Å². The van der Waals surface area contributed by atoms with Crippen molar-refractivity contribution >= 4 is 17.8 Å². The number of ether oxygens (including phenoxy) is 1. The van der Waals surface area contributed by atoms with Crippen LogP contribution in [0, 0.1) is 5.82 Å². The lowest BCUT2D eigenvalue weighted by molar-refractivity contribution is -0.142. The van der Waals surface area contributed by atoms with Crippen molar-refractivity contribution in [3.8, 4) is 0 Å². The van der Waals surface area contributed by atoms with E-state index in [0.717, 1.165) is 12.1 Å². The molecule has 0 saturated carbocycles. The summed E-state index contributed by atoms with van der Waals surface area (Å²) in [5, 5.41) is 11.2. The Hall–Kier alpha value is -2.44. The Labute approximate surface area is 114 Å². The highest BCUT2D eigenvalue weighted by molar-refractivity contribution is 5.96. The van der Waals surface area contributed by atoms with Gasteiger partial charge in [-0.1, -0.05) is 0 Å². The van der Waals surface area contributed by atoms with E-state index in [2.05, 4.69) is 10.1 Å². The van der Waals surface area contributed by atoms with E-state index in [4.69, 9.17) is 5.11 Å². The minimum absolute atomic E-state index is 0.0884. The third-order valence-corrected chi connectivity index (χ3v) is 2.57. The van der Waals surface area contributed by atoms with Gasteiger partial charge in [-0.15, -0.1) is 0 Å². The van der Waals surface area contributed by atoms with Gasteiger partial charge in [0, 0.05) is 12.0 Å². The number of halogens is 1.